The van der Waals surface area contributed by atoms with Gasteiger partial charge in [0.2, 0.25) is 0 Å². The van der Waals surface area contributed by atoms with Gasteiger partial charge in [-0.2, -0.15) is 8.42 Å². The van der Waals surface area contributed by atoms with Crippen LogP contribution in [0.15, 0.2) is 59.6 Å². The molecule has 0 atom stereocenters. The molecule has 0 bridgehead atoms. The van der Waals surface area contributed by atoms with Crippen LogP contribution >= 0.6 is 0 Å². The standard InChI is InChI=1S/C25H30N2O3S.C2H2O4/c1-26-15-13-19(14-16-26)24-18-27(20-7-5-6-8-20)25-12-11-21(17-23(24)25)30-31(28,29)22-9-3-2-4-10-22;3-1(4)2(5)6/h2-4,9-12,17-20H,5-8,13-16H2,1H3;(H,3,4)(H,5,6). The first kappa shape index (κ1) is 26.7. The lowest BCUT2D eigenvalue weighted by molar-refractivity contribution is -0.159. The van der Waals surface area contributed by atoms with Gasteiger partial charge in [-0.05, 0) is 87.6 Å². The van der Waals surface area contributed by atoms with E-state index in [1.165, 1.54) is 36.8 Å². The number of aromatic nitrogens is 1. The van der Waals surface area contributed by atoms with Crippen LogP contribution in [0.25, 0.3) is 10.9 Å². The van der Waals surface area contributed by atoms with Gasteiger partial charge in [0.15, 0.2) is 0 Å². The Hall–Kier alpha value is -3.37. The molecule has 1 aliphatic heterocycles. The Morgan fingerprint density at radius 2 is 1.54 bits per heavy atom. The number of piperidine rings is 1. The molecule has 5 rings (SSSR count). The molecule has 0 spiro atoms. The van der Waals surface area contributed by atoms with E-state index in [2.05, 4.69) is 22.7 Å². The first-order chi connectivity index (χ1) is 17.7. The van der Waals surface area contributed by atoms with Crippen molar-refractivity contribution in [2.75, 3.05) is 20.1 Å². The molecule has 198 valence electrons. The number of benzene rings is 2. The molecule has 1 saturated carbocycles. The average Bonchev–Trinajstić information content (AvgIpc) is 3.53. The number of carbonyl (C=O) groups is 2. The van der Waals surface area contributed by atoms with Gasteiger partial charge in [0.1, 0.15) is 10.6 Å². The van der Waals surface area contributed by atoms with E-state index >= 15 is 0 Å². The van der Waals surface area contributed by atoms with Gasteiger partial charge in [0, 0.05) is 23.1 Å². The number of nitrogens with zero attached hydrogens (tertiary/aromatic N) is 2. The van der Waals surface area contributed by atoms with Crippen LogP contribution in [0.2, 0.25) is 0 Å². The Bertz CT molecular complexity index is 1340. The number of hydrogen-bond acceptors (Lipinski definition) is 6. The lowest BCUT2D eigenvalue weighted by Gasteiger charge is -2.28. The highest BCUT2D eigenvalue weighted by atomic mass is 32.2. The number of aliphatic carboxylic acids is 2. The van der Waals surface area contributed by atoms with Gasteiger partial charge in [-0.1, -0.05) is 31.0 Å². The van der Waals surface area contributed by atoms with Gasteiger partial charge >= 0.3 is 22.1 Å². The summed E-state index contributed by atoms with van der Waals surface area (Å²) in [5.41, 5.74) is 2.54. The fourth-order valence-electron chi connectivity index (χ4n) is 5.20. The maximum atomic E-state index is 12.7. The van der Waals surface area contributed by atoms with Crippen molar-refractivity contribution in [1.29, 1.82) is 0 Å². The Morgan fingerprint density at radius 1 is 0.919 bits per heavy atom. The summed E-state index contributed by atoms with van der Waals surface area (Å²) in [5.74, 6) is -2.76. The Kier molecular flexibility index (Phi) is 8.19. The van der Waals surface area contributed by atoms with Crippen molar-refractivity contribution in [3.63, 3.8) is 0 Å². The zero-order valence-electron chi connectivity index (χ0n) is 20.7. The second-order valence-electron chi connectivity index (χ2n) is 9.65. The molecule has 2 aliphatic rings. The number of hydrogen-bond donors (Lipinski definition) is 2. The van der Waals surface area contributed by atoms with Crippen LogP contribution in [0, 0.1) is 0 Å². The highest BCUT2D eigenvalue weighted by molar-refractivity contribution is 7.87. The topological polar surface area (TPSA) is 126 Å². The Morgan fingerprint density at radius 3 is 2.14 bits per heavy atom. The van der Waals surface area contributed by atoms with Crippen molar-refractivity contribution in [2.24, 2.45) is 0 Å². The molecule has 0 radical (unpaired) electrons. The lowest BCUT2D eigenvalue weighted by atomic mass is 9.89. The summed E-state index contributed by atoms with van der Waals surface area (Å²) in [6.45, 7) is 2.19. The minimum absolute atomic E-state index is 0.175. The predicted molar refractivity (Wildman–Crippen MR) is 138 cm³/mol. The molecule has 9 nitrogen and oxygen atoms in total. The molecule has 2 N–H and O–H groups in total. The minimum Gasteiger partial charge on any atom is -0.473 e. The van der Waals surface area contributed by atoms with E-state index in [1.807, 2.05) is 12.1 Å². The summed E-state index contributed by atoms with van der Waals surface area (Å²) in [6, 6.07) is 14.7. The van der Waals surface area contributed by atoms with Crippen LogP contribution < -0.4 is 4.18 Å². The molecule has 0 unspecified atom stereocenters. The van der Waals surface area contributed by atoms with Gasteiger partial charge < -0.3 is 23.9 Å². The largest absolute Gasteiger partial charge is 0.473 e. The Balaban J connectivity index is 0.000000480. The number of fused-ring (bicyclic) bond motifs is 1. The molecule has 1 aromatic heterocycles. The van der Waals surface area contributed by atoms with Crippen molar-refractivity contribution < 1.29 is 32.4 Å². The zero-order chi connectivity index (χ0) is 26.6. The molecule has 2 heterocycles. The third-order valence-electron chi connectivity index (χ3n) is 7.13. The van der Waals surface area contributed by atoms with Crippen LogP contribution in [0.5, 0.6) is 5.75 Å². The second kappa shape index (κ2) is 11.4. The molecule has 10 heteroatoms. The number of carboxylic acid groups (broad SMARTS) is 2. The quantitative estimate of drug-likeness (QED) is 0.366. The summed E-state index contributed by atoms with van der Waals surface area (Å²) in [4.78, 5) is 20.8. The number of carboxylic acids is 2. The van der Waals surface area contributed by atoms with Crippen LogP contribution in [-0.4, -0.2) is 60.2 Å². The maximum absolute atomic E-state index is 12.7. The van der Waals surface area contributed by atoms with Gasteiger partial charge in [0.05, 0.1) is 0 Å². The molecular formula is C27H32N2O7S. The minimum atomic E-state index is -3.85. The van der Waals surface area contributed by atoms with E-state index in [0.29, 0.717) is 17.7 Å². The first-order valence-electron chi connectivity index (χ1n) is 12.4. The van der Waals surface area contributed by atoms with Crippen molar-refractivity contribution in [2.45, 2.75) is 55.4 Å². The predicted octanol–water partition coefficient (Wildman–Crippen LogP) is 4.49. The van der Waals surface area contributed by atoms with Crippen LogP contribution in [0.1, 0.15) is 56.0 Å². The molecule has 1 saturated heterocycles. The van der Waals surface area contributed by atoms with Crippen molar-refractivity contribution in [3.05, 3.63) is 60.3 Å². The fraction of sp³-hybridized carbons (Fsp3) is 0.407. The molecule has 3 aromatic rings. The zero-order valence-corrected chi connectivity index (χ0v) is 21.6. The third-order valence-corrected chi connectivity index (χ3v) is 8.39. The smallest absolute Gasteiger partial charge is 0.414 e. The van der Waals surface area contributed by atoms with Crippen LogP contribution in [0.3, 0.4) is 0 Å². The number of rotatable bonds is 5. The summed E-state index contributed by atoms with van der Waals surface area (Å²) in [6.07, 6.45) is 9.62. The molecule has 37 heavy (non-hydrogen) atoms. The maximum Gasteiger partial charge on any atom is 0.414 e. The number of likely N-dealkylation sites (tertiary alicyclic amines) is 1. The van der Waals surface area contributed by atoms with E-state index in [9.17, 15) is 8.42 Å². The molecule has 2 aromatic carbocycles. The summed E-state index contributed by atoms with van der Waals surface area (Å²) in [7, 11) is -1.67. The monoisotopic (exact) mass is 528 g/mol. The fourth-order valence-corrected chi connectivity index (χ4v) is 6.15. The highest BCUT2D eigenvalue weighted by Crippen LogP contribution is 2.40. The van der Waals surface area contributed by atoms with Gasteiger partial charge in [-0.15, -0.1) is 0 Å². The normalized spacial score (nSPS) is 17.3. The second-order valence-corrected chi connectivity index (χ2v) is 11.2. The molecule has 2 fully saturated rings. The molecule has 0 amide bonds. The molecule has 1 aliphatic carbocycles. The average molecular weight is 529 g/mol. The van der Waals surface area contributed by atoms with Gasteiger partial charge in [-0.25, -0.2) is 9.59 Å². The Labute approximate surface area is 216 Å². The van der Waals surface area contributed by atoms with Crippen LogP contribution in [0.4, 0.5) is 0 Å². The van der Waals surface area contributed by atoms with Crippen molar-refractivity contribution >= 4 is 33.0 Å². The van der Waals surface area contributed by atoms with Gasteiger partial charge in [-0.3, -0.25) is 0 Å². The first-order valence-corrected chi connectivity index (χ1v) is 13.9. The van der Waals surface area contributed by atoms with E-state index in [1.54, 1.807) is 36.4 Å². The summed E-state index contributed by atoms with van der Waals surface area (Å²) >= 11 is 0. The highest BCUT2D eigenvalue weighted by Gasteiger charge is 2.26. The molecular weight excluding hydrogens is 496 g/mol. The van der Waals surface area contributed by atoms with E-state index in [4.69, 9.17) is 24.0 Å². The SMILES string of the molecule is CN1CCC(c2cn(C3CCCC3)c3ccc(OS(=O)(=O)c4ccccc4)cc23)CC1.O=C(O)C(=O)O. The van der Waals surface area contributed by atoms with E-state index < -0.39 is 22.1 Å². The van der Waals surface area contributed by atoms with Crippen LogP contribution in [-0.2, 0) is 19.7 Å². The summed E-state index contributed by atoms with van der Waals surface area (Å²) < 4.78 is 33.5. The lowest BCUT2D eigenvalue weighted by Crippen LogP contribution is -2.29. The third kappa shape index (κ3) is 6.31. The van der Waals surface area contributed by atoms with Crippen molar-refractivity contribution in [1.82, 2.24) is 9.47 Å². The van der Waals surface area contributed by atoms with Gasteiger partial charge in [0.25, 0.3) is 0 Å². The summed E-state index contributed by atoms with van der Waals surface area (Å²) in [5, 5.41) is 15.9. The van der Waals surface area contributed by atoms with Crippen molar-refractivity contribution in [3.8, 4) is 5.75 Å². The van der Waals surface area contributed by atoms with E-state index in [0.717, 1.165) is 31.3 Å². The van der Waals surface area contributed by atoms with E-state index in [-0.39, 0.29) is 4.90 Å².